The van der Waals surface area contributed by atoms with Crippen molar-refractivity contribution in [2.75, 3.05) is 17.2 Å². The average Bonchev–Trinajstić information content (AvgIpc) is 2.68. The SMILES string of the molecule is CC(C)[C@@H](CO)Nc1nc(Nc2ccc(F)cc2)cc(-c2cccnc2)n1. The van der Waals surface area contributed by atoms with Gasteiger partial charge in [-0.1, -0.05) is 13.8 Å². The van der Waals surface area contributed by atoms with Gasteiger partial charge in [0.1, 0.15) is 11.6 Å². The van der Waals surface area contributed by atoms with Crippen molar-refractivity contribution in [3.63, 3.8) is 0 Å². The number of aromatic nitrogens is 3. The number of benzene rings is 1. The quantitative estimate of drug-likeness (QED) is 0.588. The first-order valence-electron chi connectivity index (χ1n) is 8.74. The summed E-state index contributed by atoms with van der Waals surface area (Å²) in [5.74, 6) is 0.852. The molecule has 3 N–H and O–H groups in total. The third-order valence-corrected chi connectivity index (χ3v) is 4.12. The number of hydrogen-bond acceptors (Lipinski definition) is 6. The van der Waals surface area contributed by atoms with Crippen LogP contribution in [-0.2, 0) is 0 Å². The van der Waals surface area contributed by atoms with Crippen molar-refractivity contribution in [3.05, 3.63) is 60.7 Å². The van der Waals surface area contributed by atoms with Gasteiger partial charge in [0, 0.05) is 29.7 Å². The molecule has 0 spiro atoms. The van der Waals surface area contributed by atoms with Crippen LogP contribution in [0.25, 0.3) is 11.3 Å². The molecule has 0 saturated carbocycles. The lowest BCUT2D eigenvalue weighted by molar-refractivity contribution is 0.248. The molecule has 0 unspecified atom stereocenters. The molecule has 3 aromatic rings. The topological polar surface area (TPSA) is 83.0 Å². The third kappa shape index (κ3) is 4.98. The van der Waals surface area contributed by atoms with E-state index in [9.17, 15) is 9.50 Å². The Hall–Kier alpha value is -3.06. The highest BCUT2D eigenvalue weighted by atomic mass is 19.1. The Morgan fingerprint density at radius 3 is 2.52 bits per heavy atom. The number of anilines is 3. The van der Waals surface area contributed by atoms with Crippen LogP contribution in [0.3, 0.4) is 0 Å². The van der Waals surface area contributed by atoms with Crippen LogP contribution in [0.5, 0.6) is 0 Å². The van der Waals surface area contributed by atoms with Gasteiger partial charge >= 0.3 is 0 Å². The molecule has 140 valence electrons. The maximum atomic E-state index is 13.1. The fraction of sp³-hybridized carbons (Fsp3) is 0.250. The monoisotopic (exact) mass is 367 g/mol. The molecule has 0 fully saturated rings. The zero-order valence-corrected chi connectivity index (χ0v) is 15.2. The minimum Gasteiger partial charge on any atom is -0.394 e. The summed E-state index contributed by atoms with van der Waals surface area (Å²) in [6.07, 6.45) is 3.42. The van der Waals surface area contributed by atoms with Crippen LogP contribution >= 0.6 is 0 Å². The molecule has 0 saturated heterocycles. The first kappa shape index (κ1) is 18.7. The molecule has 27 heavy (non-hydrogen) atoms. The number of hydrogen-bond donors (Lipinski definition) is 3. The van der Waals surface area contributed by atoms with Crippen LogP contribution in [-0.4, -0.2) is 32.7 Å². The van der Waals surface area contributed by atoms with E-state index in [-0.39, 0.29) is 24.4 Å². The Bertz CT molecular complexity index is 871. The molecular formula is C20H22FN5O. The number of rotatable bonds is 7. The first-order chi connectivity index (χ1) is 13.0. The zero-order chi connectivity index (χ0) is 19.2. The lowest BCUT2D eigenvalue weighted by Crippen LogP contribution is -2.30. The second-order valence-electron chi connectivity index (χ2n) is 6.51. The van der Waals surface area contributed by atoms with Gasteiger partial charge in [0.2, 0.25) is 5.95 Å². The molecule has 0 aliphatic heterocycles. The minimum absolute atomic E-state index is 0.0289. The Morgan fingerprint density at radius 2 is 1.89 bits per heavy atom. The summed E-state index contributed by atoms with van der Waals surface area (Å²) in [5, 5.41) is 15.9. The van der Waals surface area contributed by atoms with E-state index < -0.39 is 0 Å². The van der Waals surface area contributed by atoms with Gasteiger partial charge in [0.25, 0.3) is 0 Å². The van der Waals surface area contributed by atoms with Crippen LogP contribution in [0.15, 0.2) is 54.9 Å². The maximum Gasteiger partial charge on any atom is 0.225 e. The van der Waals surface area contributed by atoms with Crippen molar-refractivity contribution in [3.8, 4) is 11.3 Å². The lowest BCUT2D eigenvalue weighted by Gasteiger charge is -2.20. The highest BCUT2D eigenvalue weighted by Gasteiger charge is 2.15. The summed E-state index contributed by atoms with van der Waals surface area (Å²) in [7, 11) is 0. The molecular weight excluding hydrogens is 345 g/mol. The standard InChI is InChI=1S/C20H22FN5O/c1-13(2)18(12-27)25-20-24-17(14-4-3-9-22-11-14)10-19(26-20)23-16-7-5-15(21)6-8-16/h3-11,13,18,27H,12H2,1-2H3,(H2,23,24,25,26)/t18-/m1/s1. The molecule has 3 rings (SSSR count). The molecule has 0 aliphatic carbocycles. The van der Waals surface area contributed by atoms with E-state index in [4.69, 9.17) is 0 Å². The predicted octanol–water partition coefficient (Wildman–Crippen LogP) is 3.85. The second-order valence-corrected chi connectivity index (χ2v) is 6.51. The fourth-order valence-corrected chi connectivity index (χ4v) is 2.51. The van der Waals surface area contributed by atoms with E-state index in [1.54, 1.807) is 30.6 Å². The van der Waals surface area contributed by atoms with Crippen LogP contribution in [0.4, 0.5) is 21.8 Å². The summed E-state index contributed by atoms with van der Waals surface area (Å²) >= 11 is 0. The van der Waals surface area contributed by atoms with E-state index in [2.05, 4.69) is 25.6 Å². The molecule has 6 nitrogen and oxygen atoms in total. The Balaban J connectivity index is 1.96. The Labute approximate surface area is 157 Å². The van der Waals surface area contributed by atoms with Gasteiger partial charge in [0.05, 0.1) is 18.3 Å². The molecule has 1 atom stereocenters. The Kier molecular flexibility index (Phi) is 5.93. The number of aliphatic hydroxyl groups is 1. The molecule has 2 heterocycles. The molecule has 0 amide bonds. The van der Waals surface area contributed by atoms with E-state index in [1.807, 2.05) is 26.0 Å². The van der Waals surface area contributed by atoms with Gasteiger partial charge in [-0.3, -0.25) is 4.98 Å². The third-order valence-electron chi connectivity index (χ3n) is 4.12. The number of halogens is 1. The highest BCUT2D eigenvalue weighted by molar-refractivity contribution is 5.66. The van der Waals surface area contributed by atoms with Crippen LogP contribution in [0.2, 0.25) is 0 Å². The van der Waals surface area contributed by atoms with Crippen LogP contribution < -0.4 is 10.6 Å². The highest BCUT2D eigenvalue weighted by Crippen LogP contribution is 2.24. The van der Waals surface area contributed by atoms with Crippen molar-refractivity contribution in [2.45, 2.75) is 19.9 Å². The number of pyridine rings is 1. The van der Waals surface area contributed by atoms with Crippen molar-refractivity contribution in [1.82, 2.24) is 15.0 Å². The smallest absolute Gasteiger partial charge is 0.225 e. The van der Waals surface area contributed by atoms with Gasteiger partial charge in [-0.2, -0.15) is 4.98 Å². The van der Waals surface area contributed by atoms with E-state index in [1.165, 1.54) is 12.1 Å². The summed E-state index contributed by atoms with van der Waals surface area (Å²) in [4.78, 5) is 13.2. The number of nitrogens with one attached hydrogen (secondary N) is 2. The summed E-state index contributed by atoms with van der Waals surface area (Å²) < 4.78 is 13.1. The van der Waals surface area contributed by atoms with Gasteiger partial charge in [-0.05, 0) is 42.3 Å². The minimum atomic E-state index is -0.302. The van der Waals surface area contributed by atoms with Gasteiger partial charge in [-0.25, -0.2) is 9.37 Å². The summed E-state index contributed by atoms with van der Waals surface area (Å²) in [6.45, 7) is 3.99. The summed E-state index contributed by atoms with van der Waals surface area (Å²) in [6, 6.07) is 11.4. The average molecular weight is 367 g/mol. The fourth-order valence-electron chi connectivity index (χ4n) is 2.51. The molecule has 2 aromatic heterocycles. The normalized spacial score (nSPS) is 12.0. The lowest BCUT2D eigenvalue weighted by atomic mass is 10.1. The van der Waals surface area contributed by atoms with Crippen molar-refractivity contribution < 1.29 is 9.50 Å². The van der Waals surface area contributed by atoms with E-state index in [0.717, 1.165) is 5.56 Å². The number of aliphatic hydroxyl groups excluding tert-OH is 1. The van der Waals surface area contributed by atoms with Crippen LogP contribution in [0, 0.1) is 11.7 Å². The van der Waals surface area contributed by atoms with E-state index in [0.29, 0.717) is 23.1 Å². The van der Waals surface area contributed by atoms with E-state index >= 15 is 0 Å². The molecule has 0 bridgehead atoms. The van der Waals surface area contributed by atoms with Crippen molar-refractivity contribution >= 4 is 17.5 Å². The van der Waals surface area contributed by atoms with Gasteiger partial charge in [0.15, 0.2) is 0 Å². The van der Waals surface area contributed by atoms with Crippen molar-refractivity contribution in [2.24, 2.45) is 5.92 Å². The Morgan fingerprint density at radius 1 is 1.11 bits per heavy atom. The molecule has 7 heteroatoms. The molecule has 1 aromatic carbocycles. The largest absolute Gasteiger partial charge is 0.394 e. The second kappa shape index (κ2) is 8.55. The predicted molar refractivity (Wildman–Crippen MR) is 104 cm³/mol. The van der Waals surface area contributed by atoms with Crippen molar-refractivity contribution in [1.29, 1.82) is 0 Å². The summed E-state index contributed by atoms with van der Waals surface area (Å²) in [5.41, 5.74) is 2.24. The van der Waals surface area contributed by atoms with Crippen LogP contribution in [0.1, 0.15) is 13.8 Å². The van der Waals surface area contributed by atoms with Gasteiger partial charge < -0.3 is 15.7 Å². The zero-order valence-electron chi connectivity index (χ0n) is 15.2. The first-order valence-corrected chi connectivity index (χ1v) is 8.74. The maximum absolute atomic E-state index is 13.1. The molecule has 0 aliphatic rings. The molecule has 0 radical (unpaired) electrons. The number of nitrogens with zero attached hydrogens (tertiary/aromatic N) is 3. The van der Waals surface area contributed by atoms with Gasteiger partial charge in [-0.15, -0.1) is 0 Å².